The van der Waals surface area contributed by atoms with Gasteiger partial charge in [0.05, 0.1) is 0 Å². The lowest BCUT2D eigenvalue weighted by Crippen LogP contribution is -2.23. The summed E-state index contributed by atoms with van der Waals surface area (Å²) in [5.74, 6) is 0. The lowest BCUT2D eigenvalue weighted by atomic mass is 10.0. The molecule has 0 aromatic heterocycles. The second-order valence-electron chi connectivity index (χ2n) is 6.51. The van der Waals surface area contributed by atoms with Crippen LogP contribution in [-0.2, 0) is 0 Å². The molecule has 0 atom stereocenters. The summed E-state index contributed by atoms with van der Waals surface area (Å²) in [7, 11) is 0. The molecule has 2 nitrogen and oxygen atoms in total. The summed E-state index contributed by atoms with van der Waals surface area (Å²) in [6.07, 6.45) is 22.9. The molecule has 0 aromatic carbocycles. The van der Waals surface area contributed by atoms with Crippen molar-refractivity contribution in [1.29, 1.82) is 0 Å². The van der Waals surface area contributed by atoms with Crippen LogP contribution in [0, 0.1) is 0 Å². The SMILES string of the molecule is CCCCCCCCCCCCCCCCCCNCN. The second kappa shape index (κ2) is 19.9. The van der Waals surface area contributed by atoms with Crippen LogP contribution < -0.4 is 11.1 Å². The molecule has 2 heteroatoms. The van der Waals surface area contributed by atoms with E-state index in [0.29, 0.717) is 6.67 Å². The monoisotopic (exact) mass is 298 g/mol. The molecule has 0 unspecified atom stereocenters. The molecule has 0 rings (SSSR count). The molecule has 0 radical (unpaired) electrons. The van der Waals surface area contributed by atoms with Crippen LogP contribution in [0.4, 0.5) is 0 Å². The normalized spacial score (nSPS) is 11.1. The van der Waals surface area contributed by atoms with E-state index in [0.717, 1.165) is 6.54 Å². The minimum atomic E-state index is 0.624. The topological polar surface area (TPSA) is 38.0 Å². The van der Waals surface area contributed by atoms with Crippen LogP contribution in [-0.4, -0.2) is 13.2 Å². The Hall–Kier alpha value is -0.0800. The van der Waals surface area contributed by atoms with Crippen LogP contribution >= 0.6 is 0 Å². The molecule has 3 N–H and O–H groups in total. The van der Waals surface area contributed by atoms with Gasteiger partial charge in [0.15, 0.2) is 0 Å². The fourth-order valence-corrected chi connectivity index (χ4v) is 2.90. The zero-order valence-electron chi connectivity index (χ0n) is 14.8. The number of hydrogen-bond donors (Lipinski definition) is 2. The Labute approximate surface area is 134 Å². The average Bonchev–Trinajstić information content (AvgIpc) is 2.50. The first-order valence-corrected chi connectivity index (χ1v) is 9.82. The van der Waals surface area contributed by atoms with E-state index in [1.807, 2.05) is 0 Å². The van der Waals surface area contributed by atoms with Crippen molar-refractivity contribution in [2.45, 2.75) is 110 Å². The standard InChI is InChI=1S/C19H42N2/c1-2-3-4-5-6-7-8-9-10-11-12-13-14-15-16-17-18-21-19-20/h21H,2-20H2,1H3. The number of hydrogen-bond acceptors (Lipinski definition) is 2. The minimum Gasteiger partial charge on any atom is -0.318 e. The molecule has 0 heterocycles. The van der Waals surface area contributed by atoms with E-state index in [1.165, 1.54) is 103 Å². The van der Waals surface area contributed by atoms with Crippen LogP contribution in [0.1, 0.15) is 110 Å². The molecule has 0 aliphatic rings. The predicted octanol–water partition coefficient (Wildman–Crippen LogP) is 5.75. The molecule has 0 amide bonds. The van der Waals surface area contributed by atoms with E-state index in [-0.39, 0.29) is 0 Å². The summed E-state index contributed by atoms with van der Waals surface area (Å²) < 4.78 is 0. The fourth-order valence-electron chi connectivity index (χ4n) is 2.90. The minimum absolute atomic E-state index is 0.624. The van der Waals surface area contributed by atoms with Crippen LogP contribution in [0.3, 0.4) is 0 Å². The Morgan fingerprint density at radius 2 is 0.857 bits per heavy atom. The van der Waals surface area contributed by atoms with Crippen molar-refractivity contribution in [3.05, 3.63) is 0 Å². The van der Waals surface area contributed by atoms with Crippen LogP contribution in [0.25, 0.3) is 0 Å². The molecule has 128 valence electrons. The molecule has 0 aromatic rings. The van der Waals surface area contributed by atoms with E-state index >= 15 is 0 Å². The molecule has 21 heavy (non-hydrogen) atoms. The summed E-state index contributed by atoms with van der Waals surface area (Å²) in [5, 5.41) is 3.18. The van der Waals surface area contributed by atoms with Crippen molar-refractivity contribution in [2.75, 3.05) is 13.2 Å². The van der Waals surface area contributed by atoms with E-state index in [9.17, 15) is 0 Å². The van der Waals surface area contributed by atoms with Crippen LogP contribution in [0.2, 0.25) is 0 Å². The maximum absolute atomic E-state index is 5.38. The number of nitrogens with two attached hydrogens (primary N) is 1. The Balaban J connectivity index is 2.90. The third-order valence-electron chi connectivity index (χ3n) is 4.35. The van der Waals surface area contributed by atoms with Crippen molar-refractivity contribution in [3.8, 4) is 0 Å². The van der Waals surface area contributed by atoms with Crippen molar-refractivity contribution in [3.63, 3.8) is 0 Å². The third-order valence-corrected chi connectivity index (χ3v) is 4.35. The molecule has 0 fully saturated rings. The van der Waals surface area contributed by atoms with Gasteiger partial charge in [-0.3, -0.25) is 0 Å². The molecular weight excluding hydrogens is 256 g/mol. The number of unbranched alkanes of at least 4 members (excludes halogenated alkanes) is 15. The zero-order chi connectivity index (χ0) is 15.4. The molecule has 0 bridgehead atoms. The lowest BCUT2D eigenvalue weighted by Gasteiger charge is -2.04. The molecular formula is C19H42N2. The van der Waals surface area contributed by atoms with Crippen molar-refractivity contribution >= 4 is 0 Å². The van der Waals surface area contributed by atoms with Gasteiger partial charge in [0.25, 0.3) is 0 Å². The first-order valence-electron chi connectivity index (χ1n) is 9.82. The van der Waals surface area contributed by atoms with Gasteiger partial charge < -0.3 is 11.1 Å². The Morgan fingerprint density at radius 3 is 1.19 bits per heavy atom. The van der Waals surface area contributed by atoms with Gasteiger partial charge >= 0.3 is 0 Å². The van der Waals surface area contributed by atoms with E-state index in [1.54, 1.807) is 0 Å². The van der Waals surface area contributed by atoms with Gasteiger partial charge in [0.1, 0.15) is 0 Å². The van der Waals surface area contributed by atoms with E-state index < -0.39 is 0 Å². The first-order chi connectivity index (χ1) is 10.4. The lowest BCUT2D eigenvalue weighted by molar-refractivity contribution is 0.526. The van der Waals surface area contributed by atoms with Crippen molar-refractivity contribution in [1.82, 2.24) is 5.32 Å². The van der Waals surface area contributed by atoms with Gasteiger partial charge in [-0.05, 0) is 13.0 Å². The summed E-state index contributed by atoms with van der Waals surface area (Å²) >= 11 is 0. The molecule has 0 spiro atoms. The third kappa shape index (κ3) is 19.9. The zero-order valence-corrected chi connectivity index (χ0v) is 14.8. The highest BCUT2D eigenvalue weighted by Gasteiger charge is 1.94. The van der Waals surface area contributed by atoms with Gasteiger partial charge in [-0.15, -0.1) is 0 Å². The average molecular weight is 299 g/mol. The van der Waals surface area contributed by atoms with Gasteiger partial charge in [0, 0.05) is 6.67 Å². The molecule has 0 saturated heterocycles. The fraction of sp³-hybridized carbons (Fsp3) is 1.00. The highest BCUT2D eigenvalue weighted by Crippen LogP contribution is 2.13. The summed E-state index contributed by atoms with van der Waals surface area (Å²) in [5.41, 5.74) is 5.38. The van der Waals surface area contributed by atoms with Gasteiger partial charge in [-0.25, -0.2) is 0 Å². The Kier molecular flexibility index (Phi) is 19.8. The maximum Gasteiger partial charge on any atom is 0.0428 e. The van der Waals surface area contributed by atoms with Gasteiger partial charge in [-0.2, -0.15) is 0 Å². The van der Waals surface area contributed by atoms with Crippen molar-refractivity contribution in [2.24, 2.45) is 5.73 Å². The highest BCUT2D eigenvalue weighted by atomic mass is 14.9. The smallest absolute Gasteiger partial charge is 0.0428 e. The highest BCUT2D eigenvalue weighted by molar-refractivity contribution is 4.50. The summed E-state index contributed by atoms with van der Waals surface area (Å²) in [4.78, 5) is 0. The molecule has 0 aliphatic carbocycles. The quantitative estimate of drug-likeness (QED) is 0.249. The van der Waals surface area contributed by atoms with Crippen LogP contribution in [0.15, 0.2) is 0 Å². The number of nitrogens with one attached hydrogen (secondary N) is 1. The summed E-state index contributed by atoms with van der Waals surface area (Å²) in [6.45, 7) is 4.01. The van der Waals surface area contributed by atoms with Gasteiger partial charge in [-0.1, -0.05) is 103 Å². The Bertz CT molecular complexity index is 153. The summed E-state index contributed by atoms with van der Waals surface area (Å²) in [6, 6.07) is 0. The number of rotatable bonds is 18. The molecule has 0 saturated carbocycles. The molecule has 0 aliphatic heterocycles. The first kappa shape index (κ1) is 20.9. The second-order valence-corrected chi connectivity index (χ2v) is 6.51. The van der Waals surface area contributed by atoms with Crippen molar-refractivity contribution < 1.29 is 0 Å². The predicted molar refractivity (Wildman–Crippen MR) is 96.6 cm³/mol. The van der Waals surface area contributed by atoms with Crippen LogP contribution in [0.5, 0.6) is 0 Å². The Morgan fingerprint density at radius 1 is 0.524 bits per heavy atom. The maximum atomic E-state index is 5.38. The largest absolute Gasteiger partial charge is 0.318 e. The van der Waals surface area contributed by atoms with E-state index in [2.05, 4.69) is 12.2 Å². The van der Waals surface area contributed by atoms with E-state index in [4.69, 9.17) is 5.73 Å². The van der Waals surface area contributed by atoms with Gasteiger partial charge in [0.2, 0.25) is 0 Å².